The lowest BCUT2D eigenvalue weighted by molar-refractivity contribution is 0.0635. The zero-order valence-electron chi connectivity index (χ0n) is 12.4. The first-order valence-corrected chi connectivity index (χ1v) is 6.44. The third-order valence-corrected chi connectivity index (χ3v) is 2.42. The van der Waals surface area contributed by atoms with Crippen LogP contribution >= 0.6 is 0 Å². The average Bonchev–Trinajstić information content (AvgIpc) is 2.40. The normalized spacial score (nSPS) is 11.0. The number of nitrogens with one attached hydrogen (secondary N) is 1. The monoisotopic (exact) mass is 287 g/mol. The number of carbonyl (C=O) groups excluding carboxylic acids is 1. The Balaban J connectivity index is 2.15. The molecule has 0 aromatic carbocycles. The number of amides is 1. The van der Waals surface area contributed by atoms with Crippen LogP contribution in [-0.4, -0.2) is 31.6 Å². The largest absolute Gasteiger partial charge is 0.444 e. The number of aromatic nitrogens is 4. The fraction of sp³-hybridized carbons (Fsp3) is 0.357. The van der Waals surface area contributed by atoms with Gasteiger partial charge < -0.3 is 4.74 Å². The second kappa shape index (κ2) is 5.82. The molecule has 2 rings (SSSR count). The van der Waals surface area contributed by atoms with Crippen molar-refractivity contribution < 1.29 is 9.53 Å². The Morgan fingerprint density at radius 1 is 1.19 bits per heavy atom. The fourth-order valence-corrected chi connectivity index (χ4v) is 1.58. The number of aryl methyl sites for hydroxylation is 1. The van der Waals surface area contributed by atoms with Gasteiger partial charge >= 0.3 is 6.09 Å². The molecule has 0 saturated carbocycles. The van der Waals surface area contributed by atoms with Crippen LogP contribution in [0, 0.1) is 6.92 Å². The van der Waals surface area contributed by atoms with Crippen LogP contribution in [0.5, 0.6) is 0 Å². The molecule has 2 aromatic rings. The second-order valence-corrected chi connectivity index (χ2v) is 5.44. The van der Waals surface area contributed by atoms with Crippen molar-refractivity contribution in [3.63, 3.8) is 0 Å². The molecule has 0 unspecified atom stereocenters. The summed E-state index contributed by atoms with van der Waals surface area (Å²) in [5, 5.41) is 2.58. The van der Waals surface area contributed by atoms with Gasteiger partial charge in [-0.3, -0.25) is 5.32 Å². The summed E-state index contributed by atoms with van der Waals surface area (Å²) in [4.78, 5) is 28.2. The molecular weight excluding hydrogens is 270 g/mol. The van der Waals surface area contributed by atoms with E-state index in [0.717, 1.165) is 5.56 Å². The average molecular weight is 287 g/mol. The molecule has 7 heteroatoms. The van der Waals surface area contributed by atoms with E-state index in [4.69, 9.17) is 4.74 Å². The maximum atomic E-state index is 11.7. The van der Waals surface area contributed by atoms with Gasteiger partial charge in [-0.2, -0.15) is 0 Å². The highest BCUT2D eigenvalue weighted by atomic mass is 16.6. The minimum atomic E-state index is -0.563. The SMILES string of the molecule is Cc1nc(-c2cncnc2)cnc1NC(=O)OC(C)(C)C. The molecule has 0 bridgehead atoms. The molecule has 2 aromatic heterocycles. The number of anilines is 1. The van der Waals surface area contributed by atoms with Crippen molar-refractivity contribution in [3.05, 3.63) is 30.6 Å². The molecular formula is C14H17N5O2. The predicted molar refractivity (Wildman–Crippen MR) is 77.7 cm³/mol. The highest BCUT2D eigenvalue weighted by Gasteiger charge is 2.17. The molecule has 2 heterocycles. The second-order valence-electron chi connectivity index (χ2n) is 5.44. The van der Waals surface area contributed by atoms with Crippen molar-refractivity contribution in [2.24, 2.45) is 0 Å². The Labute approximate surface area is 122 Å². The Morgan fingerprint density at radius 3 is 2.43 bits per heavy atom. The Kier molecular flexibility index (Phi) is 4.11. The molecule has 0 atom stereocenters. The molecule has 110 valence electrons. The summed E-state index contributed by atoms with van der Waals surface area (Å²) < 4.78 is 5.17. The first-order valence-electron chi connectivity index (χ1n) is 6.44. The van der Waals surface area contributed by atoms with Gasteiger partial charge in [-0.05, 0) is 27.7 Å². The van der Waals surface area contributed by atoms with Gasteiger partial charge in [0.05, 0.1) is 17.6 Å². The first-order chi connectivity index (χ1) is 9.85. The van der Waals surface area contributed by atoms with Crippen molar-refractivity contribution in [2.45, 2.75) is 33.3 Å². The topological polar surface area (TPSA) is 89.9 Å². The molecule has 0 spiro atoms. The van der Waals surface area contributed by atoms with Crippen LogP contribution in [0.25, 0.3) is 11.3 Å². The molecule has 0 aliphatic heterocycles. The van der Waals surface area contributed by atoms with Gasteiger partial charge in [0.15, 0.2) is 5.82 Å². The zero-order chi connectivity index (χ0) is 15.5. The molecule has 0 fully saturated rings. The maximum absolute atomic E-state index is 11.7. The van der Waals surface area contributed by atoms with Crippen LogP contribution in [0.4, 0.5) is 10.6 Å². The van der Waals surface area contributed by atoms with Crippen LogP contribution in [0.15, 0.2) is 24.9 Å². The minimum Gasteiger partial charge on any atom is -0.444 e. The molecule has 1 N–H and O–H groups in total. The highest BCUT2D eigenvalue weighted by Crippen LogP contribution is 2.18. The Bertz CT molecular complexity index is 638. The summed E-state index contributed by atoms with van der Waals surface area (Å²) in [6, 6.07) is 0. The highest BCUT2D eigenvalue weighted by molar-refractivity contribution is 5.84. The predicted octanol–water partition coefficient (Wildman–Crippen LogP) is 2.59. The molecule has 21 heavy (non-hydrogen) atoms. The van der Waals surface area contributed by atoms with E-state index in [0.29, 0.717) is 17.2 Å². The summed E-state index contributed by atoms with van der Waals surface area (Å²) in [7, 11) is 0. The standard InChI is InChI=1S/C14H17N5O2/c1-9-12(19-13(20)21-14(2,3)4)17-7-11(18-9)10-5-15-8-16-6-10/h5-8H,1-4H3,(H,17,19,20). The van der Waals surface area contributed by atoms with E-state index in [9.17, 15) is 4.79 Å². The number of nitrogens with zero attached hydrogens (tertiary/aromatic N) is 4. The van der Waals surface area contributed by atoms with Crippen molar-refractivity contribution in [1.82, 2.24) is 19.9 Å². The lowest BCUT2D eigenvalue weighted by Gasteiger charge is -2.19. The van der Waals surface area contributed by atoms with Gasteiger partial charge in [0.2, 0.25) is 0 Å². The van der Waals surface area contributed by atoms with Crippen LogP contribution in [0.1, 0.15) is 26.5 Å². The zero-order valence-corrected chi connectivity index (χ0v) is 12.4. The summed E-state index contributed by atoms with van der Waals surface area (Å²) >= 11 is 0. The van der Waals surface area contributed by atoms with Gasteiger partial charge in [-0.25, -0.2) is 24.7 Å². The van der Waals surface area contributed by atoms with Gasteiger partial charge in [-0.15, -0.1) is 0 Å². The molecule has 1 amide bonds. The Morgan fingerprint density at radius 2 is 1.86 bits per heavy atom. The third kappa shape index (κ3) is 4.20. The van der Waals surface area contributed by atoms with E-state index in [1.54, 1.807) is 46.3 Å². The van der Waals surface area contributed by atoms with Gasteiger partial charge in [0, 0.05) is 18.0 Å². The number of rotatable bonds is 2. The van der Waals surface area contributed by atoms with Gasteiger partial charge in [-0.1, -0.05) is 0 Å². The van der Waals surface area contributed by atoms with E-state index < -0.39 is 11.7 Å². The summed E-state index contributed by atoms with van der Waals surface area (Å²) in [6.45, 7) is 7.14. The quantitative estimate of drug-likeness (QED) is 0.913. The van der Waals surface area contributed by atoms with Crippen molar-refractivity contribution in [3.8, 4) is 11.3 Å². The number of hydrogen-bond donors (Lipinski definition) is 1. The summed E-state index contributed by atoms with van der Waals surface area (Å²) in [5.74, 6) is 0.366. The van der Waals surface area contributed by atoms with E-state index in [-0.39, 0.29) is 0 Å². The van der Waals surface area contributed by atoms with E-state index in [1.165, 1.54) is 6.33 Å². The number of ether oxygens (including phenoxy) is 1. The van der Waals surface area contributed by atoms with Crippen molar-refractivity contribution in [1.29, 1.82) is 0 Å². The molecule has 0 aliphatic rings. The van der Waals surface area contributed by atoms with E-state index in [1.807, 2.05) is 0 Å². The lowest BCUT2D eigenvalue weighted by atomic mass is 10.2. The van der Waals surface area contributed by atoms with Gasteiger partial charge in [0.1, 0.15) is 11.9 Å². The fourth-order valence-electron chi connectivity index (χ4n) is 1.58. The van der Waals surface area contributed by atoms with E-state index in [2.05, 4.69) is 25.3 Å². The summed E-state index contributed by atoms with van der Waals surface area (Å²) in [5.41, 5.74) is 1.43. The summed E-state index contributed by atoms with van der Waals surface area (Å²) in [6.07, 6.45) is 5.74. The van der Waals surface area contributed by atoms with Crippen LogP contribution in [0.3, 0.4) is 0 Å². The molecule has 0 aliphatic carbocycles. The molecule has 7 nitrogen and oxygen atoms in total. The Hall–Kier alpha value is -2.57. The first kappa shape index (κ1) is 14.8. The number of carbonyl (C=O) groups is 1. The third-order valence-electron chi connectivity index (χ3n) is 2.42. The maximum Gasteiger partial charge on any atom is 0.413 e. The van der Waals surface area contributed by atoms with Crippen LogP contribution < -0.4 is 5.32 Å². The van der Waals surface area contributed by atoms with Crippen molar-refractivity contribution in [2.75, 3.05) is 5.32 Å². The van der Waals surface area contributed by atoms with Gasteiger partial charge in [0.25, 0.3) is 0 Å². The lowest BCUT2D eigenvalue weighted by Crippen LogP contribution is -2.27. The van der Waals surface area contributed by atoms with E-state index >= 15 is 0 Å². The number of hydrogen-bond acceptors (Lipinski definition) is 6. The van der Waals surface area contributed by atoms with Crippen LogP contribution in [0.2, 0.25) is 0 Å². The molecule has 0 saturated heterocycles. The van der Waals surface area contributed by atoms with Crippen LogP contribution in [-0.2, 0) is 4.74 Å². The smallest absolute Gasteiger partial charge is 0.413 e. The minimum absolute atomic E-state index is 0.366. The molecule has 0 radical (unpaired) electrons. The van der Waals surface area contributed by atoms with Crippen molar-refractivity contribution >= 4 is 11.9 Å².